The van der Waals surface area contributed by atoms with E-state index in [9.17, 15) is 4.79 Å². The number of primary amides is 1. The van der Waals surface area contributed by atoms with Crippen LogP contribution >= 0.6 is 0 Å². The number of nitrogens with zero attached hydrogens (tertiary/aromatic N) is 1. The summed E-state index contributed by atoms with van der Waals surface area (Å²) in [6, 6.07) is 8.22. The van der Waals surface area contributed by atoms with E-state index in [0.29, 0.717) is 6.54 Å². The zero-order chi connectivity index (χ0) is 10.6. The third kappa shape index (κ3) is 3.58. The fourth-order valence-electron chi connectivity index (χ4n) is 1.44. The summed E-state index contributed by atoms with van der Waals surface area (Å²) >= 11 is 0. The molecular formula is C11H16N2O. The van der Waals surface area contributed by atoms with Crippen molar-refractivity contribution >= 4 is 5.91 Å². The number of hydrogen-bond donors (Lipinski definition) is 1. The number of nitrogens with two attached hydrogens (primary N) is 1. The van der Waals surface area contributed by atoms with Gasteiger partial charge in [-0.1, -0.05) is 29.8 Å². The van der Waals surface area contributed by atoms with E-state index in [-0.39, 0.29) is 5.91 Å². The van der Waals surface area contributed by atoms with E-state index in [1.807, 2.05) is 24.1 Å². The van der Waals surface area contributed by atoms with Gasteiger partial charge in [-0.25, -0.2) is 0 Å². The van der Waals surface area contributed by atoms with Gasteiger partial charge in [-0.15, -0.1) is 0 Å². The molecule has 0 saturated carbocycles. The molecule has 1 amide bonds. The smallest absolute Gasteiger partial charge is 0.231 e. The Morgan fingerprint density at radius 3 is 2.79 bits per heavy atom. The maximum Gasteiger partial charge on any atom is 0.231 e. The van der Waals surface area contributed by atoms with E-state index in [0.717, 1.165) is 6.54 Å². The van der Waals surface area contributed by atoms with Crippen LogP contribution in [0.15, 0.2) is 24.3 Å². The van der Waals surface area contributed by atoms with E-state index < -0.39 is 0 Å². The molecule has 14 heavy (non-hydrogen) atoms. The van der Waals surface area contributed by atoms with Crippen LogP contribution in [-0.2, 0) is 11.3 Å². The monoisotopic (exact) mass is 192 g/mol. The van der Waals surface area contributed by atoms with Gasteiger partial charge in [0, 0.05) is 6.54 Å². The minimum atomic E-state index is -0.292. The van der Waals surface area contributed by atoms with Crippen molar-refractivity contribution in [3.05, 3.63) is 35.4 Å². The van der Waals surface area contributed by atoms with Crippen LogP contribution < -0.4 is 5.73 Å². The van der Waals surface area contributed by atoms with Gasteiger partial charge in [-0.2, -0.15) is 0 Å². The molecule has 1 aromatic carbocycles. The number of amides is 1. The van der Waals surface area contributed by atoms with Crippen LogP contribution in [0, 0.1) is 6.92 Å². The second kappa shape index (κ2) is 4.77. The van der Waals surface area contributed by atoms with Crippen molar-refractivity contribution in [2.45, 2.75) is 13.5 Å². The van der Waals surface area contributed by atoms with Crippen molar-refractivity contribution < 1.29 is 4.79 Å². The molecule has 0 aliphatic rings. The first-order valence-electron chi connectivity index (χ1n) is 4.60. The number of carbonyl (C=O) groups excluding carboxylic acids is 1. The van der Waals surface area contributed by atoms with Gasteiger partial charge < -0.3 is 5.73 Å². The molecule has 0 heterocycles. The fourth-order valence-corrected chi connectivity index (χ4v) is 1.44. The second-order valence-electron chi connectivity index (χ2n) is 3.63. The zero-order valence-electron chi connectivity index (χ0n) is 8.66. The summed E-state index contributed by atoms with van der Waals surface area (Å²) in [5.74, 6) is -0.292. The number of rotatable bonds is 4. The molecular weight excluding hydrogens is 176 g/mol. The molecule has 0 aliphatic carbocycles. The molecule has 0 radical (unpaired) electrons. The normalized spacial score (nSPS) is 10.5. The predicted octanol–water partition coefficient (Wildman–Crippen LogP) is 0.912. The Hall–Kier alpha value is -1.35. The van der Waals surface area contributed by atoms with Gasteiger partial charge in [0.1, 0.15) is 0 Å². The Labute approximate surface area is 84.5 Å². The highest BCUT2D eigenvalue weighted by Gasteiger charge is 2.03. The summed E-state index contributed by atoms with van der Waals surface area (Å²) in [6.45, 7) is 3.11. The molecule has 3 heteroatoms. The Balaban J connectivity index is 2.55. The molecule has 0 fully saturated rings. The lowest BCUT2D eigenvalue weighted by molar-refractivity contribution is -0.118. The minimum Gasteiger partial charge on any atom is -0.369 e. The lowest BCUT2D eigenvalue weighted by Gasteiger charge is -2.14. The number of hydrogen-bond acceptors (Lipinski definition) is 2. The molecule has 1 rings (SSSR count). The predicted molar refractivity (Wildman–Crippen MR) is 56.7 cm³/mol. The molecule has 0 aromatic heterocycles. The summed E-state index contributed by atoms with van der Waals surface area (Å²) in [4.78, 5) is 12.5. The largest absolute Gasteiger partial charge is 0.369 e. The van der Waals surface area contributed by atoms with Gasteiger partial charge in [-0.3, -0.25) is 9.69 Å². The molecule has 0 spiro atoms. The highest BCUT2D eigenvalue weighted by molar-refractivity contribution is 5.75. The van der Waals surface area contributed by atoms with E-state index in [2.05, 4.69) is 19.1 Å². The summed E-state index contributed by atoms with van der Waals surface area (Å²) in [5.41, 5.74) is 7.53. The van der Waals surface area contributed by atoms with Crippen LogP contribution in [0.25, 0.3) is 0 Å². The Kier molecular flexibility index (Phi) is 3.65. The average molecular weight is 192 g/mol. The lowest BCUT2D eigenvalue weighted by Crippen LogP contribution is -2.30. The maximum absolute atomic E-state index is 10.6. The topological polar surface area (TPSA) is 46.3 Å². The van der Waals surface area contributed by atoms with Gasteiger partial charge in [0.2, 0.25) is 5.91 Å². The van der Waals surface area contributed by atoms with Gasteiger partial charge in [0.25, 0.3) is 0 Å². The molecule has 0 aliphatic heterocycles. The second-order valence-corrected chi connectivity index (χ2v) is 3.63. The summed E-state index contributed by atoms with van der Waals surface area (Å²) in [6.07, 6.45) is 0. The molecule has 0 atom stereocenters. The molecule has 0 unspecified atom stereocenters. The van der Waals surface area contributed by atoms with E-state index >= 15 is 0 Å². The molecule has 0 saturated heterocycles. The first-order chi connectivity index (χ1) is 6.58. The quantitative estimate of drug-likeness (QED) is 0.770. The van der Waals surface area contributed by atoms with Crippen molar-refractivity contribution in [2.75, 3.05) is 13.6 Å². The van der Waals surface area contributed by atoms with Crippen molar-refractivity contribution in [1.29, 1.82) is 0 Å². The Morgan fingerprint density at radius 1 is 1.50 bits per heavy atom. The molecule has 1 aromatic rings. The van der Waals surface area contributed by atoms with Crippen molar-refractivity contribution in [3.63, 3.8) is 0 Å². The first kappa shape index (κ1) is 10.7. The van der Waals surface area contributed by atoms with Crippen LogP contribution in [0.3, 0.4) is 0 Å². The Morgan fingerprint density at radius 2 is 2.21 bits per heavy atom. The van der Waals surface area contributed by atoms with Crippen molar-refractivity contribution in [2.24, 2.45) is 5.73 Å². The Bertz CT molecular complexity index is 323. The van der Waals surface area contributed by atoms with E-state index in [1.54, 1.807) is 0 Å². The van der Waals surface area contributed by atoms with Crippen LogP contribution in [0.1, 0.15) is 11.1 Å². The van der Waals surface area contributed by atoms with Gasteiger partial charge in [-0.05, 0) is 19.5 Å². The summed E-state index contributed by atoms with van der Waals surface area (Å²) < 4.78 is 0. The highest BCUT2D eigenvalue weighted by atomic mass is 16.1. The molecule has 2 N–H and O–H groups in total. The van der Waals surface area contributed by atoms with Gasteiger partial charge >= 0.3 is 0 Å². The van der Waals surface area contributed by atoms with Crippen LogP contribution in [-0.4, -0.2) is 24.4 Å². The maximum atomic E-state index is 10.6. The number of likely N-dealkylation sites (N-methyl/N-ethyl adjacent to an activating group) is 1. The highest BCUT2D eigenvalue weighted by Crippen LogP contribution is 2.05. The fraction of sp³-hybridized carbons (Fsp3) is 0.364. The van der Waals surface area contributed by atoms with Crippen molar-refractivity contribution in [3.8, 4) is 0 Å². The van der Waals surface area contributed by atoms with Gasteiger partial charge in [0.15, 0.2) is 0 Å². The first-order valence-corrected chi connectivity index (χ1v) is 4.60. The number of carbonyl (C=O) groups is 1. The van der Waals surface area contributed by atoms with Crippen LogP contribution in [0.2, 0.25) is 0 Å². The summed E-state index contributed by atoms with van der Waals surface area (Å²) in [5, 5.41) is 0. The molecule has 76 valence electrons. The number of aryl methyl sites for hydroxylation is 1. The standard InChI is InChI=1S/C11H16N2O/c1-9-4-3-5-10(6-9)7-13(2)8-11(12)14/h3-6H,7-8H2,1-2H3,(H2,12,14). The number of benzene rings is 1. The summed E-state index contributed by atoms with van der Waals surface area (Å²) in [7, 11) is 1.88. The average Bonchev–Trinajstić information content (AvgIpc) is 2.01. The molecule has 0 bridgehead atoms. The molecule has 3 nitrogen and oxygen atoms in total. The zero-order valence-corrected chi connectivity index (χ0v) is 8.66. The SMILES string of the molecule is Cc1cccc(CN(C)CC(N)=O)c1. The van der Waals surface area contributed by atoms with Crippen LogP contribution in [0.4, 0.5) is 0 Å². The van der Waals surface area contributed by atoms with Gasteiger partial charge in [0.05, 0.1) is 6.54 Å². The third-order valence-corrected chi connectivity index (χ3v) is 1.96. The van der Waals surface area contributed by atoms with Crippen LogP contribution in [0.5, 0.6) is 0 Å². The minimum absolute atomic E-state index is 0.292. The van der Waals surface area contributed by atoms with E-state index in [1.165, 1.54) is 11.1 Å². The third-order valence-electron chi connectivity index (χ3n) is 1.96. The lowest BCUT2D eigenvalue weighted by atomic mass is 10.1. The van der Waals surface area contributed by atoms with Crippen molar-refractivity contribution in [1.82, 2.24) is 4.90 Å². The van der Waals surface area contributed by atoms with E-state index in [4.69, 9.17) is 5.73 Å².